The van der Waals surface area contributed by atoms with Crippen molar-refractivity contribution in [1.29, 1.82) is 0 Å². The molecule has 7 amide bonds. The number of likely N-dealkylation sites (tertiary alicyclic amines) is 2. The molecule has 1 saturated carbocycles. The average molecular weight is 715 g/mol. The normalized spacial score (nSPS) is 23.5. The van der Waals surface area contributed by atoms with Crippen LogP contribution in [0.3, 0.4) is 0 Å². The molecule has 2 saturated heterocycles. The van der Waals surface area contributed by atoms with Crippen LogP contribution in [0, 0.1) is 28.1 Å². The van der Waals surface area contributed by atoms with Gasteiger partial charge in [0.25, 0.3) is 5.91 Å². The van der Waals surface area contributed by atoms with Gasteiger partial charge >= 0.3 is 6.03 Å². The van der Waals surface area contributed by atoms with E-state index in [0.29, 0.717) is 13.0 Å². The number of nitrogens with zero attached hydrogens (tertiary/aromatic N) is 2. The molecule has 0 spiro atoms. The van der Waals surface area contributed by atoms with E-state index in [-0.39, 0.29) is 56.0 Å². The van der Waals surface area contributed by atoms with Crippen molar-refractivity contribution >= 4 is 41.4 Å². The lowest BCUT2D eigenvalue weighted by Gasteiger charge is -2.40. The van der Waals surface area contributed by atoms with Crippen molar-refractivity contribution in [1.82, 2.24) is 31.1 Å². The second-order valence-electron chi connectivity index (χ2n) is 17.6. The third-order valence-electron chi connectivity index (χ3n) is 10.5. The van der Waals surface area contributed by atoms with Gasteiger partial charge in [0.2, 0.25) is 29.4 Å². The van der Waals surface area contributed by atoms with Gasteiger partial charge < -0.3 is 26.2 Å². The zero-order valence-corrected chi connectivity index (χ0v) is 32.3. The fraction of sp³-hybridized carbons (Fsp3) is 0.763. The lowest BCUT2D eigenvalue weighted by Crippen LogP contribution is -2.62. The van der Waals surface area contributed by atoms with Gasteiger partial charge in [-0.05, 0) is 47.3 Å². The van der Waals surface area contributed by atoms with Gasteiger partial charge in [-0.15, -0.1) is 6.58 Å². The summed E-state index contributed by atoms with van der Waals surface area (Å²) in [6.45, 7) is 20.9. The Morgan fingerprint density at radius 3 is 2.12 bits per heavy atom. The molecule has 13 heteroatoms. The molecule has 1 aliphatic carbocycles. The maximum Gasteiger partial charge on any atom is 0.315 e. The maximum absolute atomic E-state index is 14.5. The number of imide groups is 1. The monoisotopic (exact) mass is 714 g/mol. The van der Waals surface area contributed by atoms with Crippen molar-refractivity contribution in [2.24, 2.45) is 28.1 Å². The fourth-order valence-electron chi connectivity index (χ4n) is 7.49. The van der Waals surface area contributed by atoms with Crippen molar-refractivity contribution in [2.45, 2.75) is 138 Å². The molecular formula is C38H62N6O7. The van der Waals surface area contributed by atoms with Crippen LogP contribution in [-0.4, -0.2) is 95.0 Å². The van der Waals surface area contributed by atoms with E-state index in [1.165, 1.54) is 11.0 Å². The summed E-state index contributed by atoms with van der Waals surface area (Å²) < 4.78 is 0. The minimum Gasteiger partial charge on any atom is -0.346 e. The van der Waals surface area contributed by atoms with Crippen molar-refractivity contribution in [3.63, 3.8) is 0 Å². The highest BCUT2D eigenvalue weighted by Crippen LogP contribution is 2.43. The molecule has 3 rings (SSSR count). The molecule has 286 valence electrons. The Morgan fingerprint density at radius 1 is 0.941 bits per heavy atom. The molecule has 51 heavy (non-hydrogen) atoms. The third-order valence-corrected chi connectivity index (χ3v) is 10.5. The van der Waals surface area contributed by atoms with Crippen molar-refractivity contribution < 1.29 is 33.6 Å². The molecule has 0 radical (unpaired) electrons. The molecule has 4 N–H and O–H groups in total. The quantitative estimate of drug-likeness (QED) is 0.121. The molecule has 0 bridgehead atoms. The smallest absolute Gasteiger partial charge is 0.315 e. The van der Waals surface area contributed by atoms with E-state index in [4.69, 9.17) is 0 Å². The summed E-state index contributed by atoms with van der Waals surface area (Å²) in [7, 11) is 0. The number of carbonyl (C=O) groups is 7. The van der Waals surface area contributed by atoms with Crippen LogP contribution in [-0.2, 0) is 28.8 Å². The predicted octanol–water partition coefficient (Wildman–Crippen LogP) is 3.46. The van der Waals surface area contributed by atoms with Crippen LogP contribution < -0.4 is 21.3 Å². The fourth-order valence-corrected chi connectivity index (χ4v) is 7.49. The number of unbranched alkanes of at least 4 members (excludes halogenated alkanes) is 1. The van der Waals surface area contributed by atoms with Gasteiger partial charge in [0.15, 0.2) is 0 Å². The van der Waals surface area contributed by atoms with Crippen molar-refractivity contribution in [3.05, 3.63) is 12.7 Å². The lowest BCUT2D eigenvalue weighted by atomic mass is 9.80. The highest BCUT2D eigenvalue weighted by Gasteiger charge is 2.52. The number of ketones is 1. The van der Waals surface area contributed by atoms with Gasteiger partial charge in [0, 0.05) is 32.5 Å². The van der Waals surface area contributed by atoms with Gasteiger partial charge in [0.05, 0.1) is 12.1 Å². The molecule has 0 aromatic rings. The van der Waals surface area contributed by atoms with Crippen LogP contribution >= 0.6 is 0 Å². The summed E-state index contributed by atoms with van der Waals surface area (Å²) >= 11 is 0. The Balaban J connectivity index is 1.83. The van der Waals surface area contributed by atoms with Crippen LogP contribution in [0.2, 0.25) is 0 Å². The maximum atomic E-state index is 14.5. The molecule has 0 aromatic heterocycles. The van der Waals surface area contributed by atoms with Crippen LogP contribution in [0.25, 0.3) is 0 Å². The molecular weight excluding hydrogens is 652 g/mol. The minimum atomic E-state index is -1.04. The molecule has 3 aliphatic rings. The number of carbonyl (C=O) groups excluding carboxylic acids is 7. The van der Waals surface area contributed by atoms with E-state index in [1.807, 2.05) is 62.3 Å². The first kappa shape index (κ1) is 41.6. The first-order chi connectivity index (χ1) is 23.6. The number of hydrogen-bond acceptors (Lipinski definition) is 7. The van der Waals surface area contributed by atoms with Crippen molar-refractivity contribution in [2.75, 3.05) is 19.6 Å². The van der Waals surface area contributed by atoms with E-state index in [2.05, 4.69) is 27.8 Å². The Hall–Kier alpha value is -3.77. The van der Waals surface area contributed by atoms with Crippen LogP contribution in [0.15, 0.2) is 12.7 Å². The zero-order valence-electron chi connectivity index (χ0n) is 32.3. The Labute approximate surface area is 303 Å². The van der Waals surface area contributed by atoms with Crippen LogP contribution in [0.5, 0.6) is 0 Å². The standard InChI is InChI=1S/C38H62N6O7/c1-11-13-17-25(30(47)33(49)39-18-12-2)40-32(48)29-24-16-14-15-23(24)21-44(29)34(50)31(37(6,7)8)42-35(51)41-26(36(3,4)5)22-43-27(45)19-38(9,10)20-28(43)46/h12,23-26,29,31H,2,11,13-22H2,1,3-10H3,(H,39,49)(H,40,48)(H2,41,42,51)/t23-,24-,25-,26+,29-,31+/m0/s1. The number of piperidine rings is 1. The number of hydrogen-bond donors (Lipinski definition) is 4. The second-order valence-corrected chi connectivity index (χ2v) is 17.6. The second kappa shape index (κ2) is 16.7. The van der Waals surface area contributed by atoms with E-state index < -0.39 is 69.9 Å². The Bertz CT molecular complexity index is 1340. The van der Waals surface area contributed by atoms with Crippen LogP contribution in [0.1, 0.15) is 114 Å². The number of nitrogens with one attached hydrogen (secondary N) is 4. The summed E-state index contributed by atoms with van der Waals surface area (Å²) in [5.41, 5.74) is -1.74. The first-order valence-corrected chi connectivity index (χ1v) is 18.5. The number of rotatable bonds is 14. The van der Waals surface area contributed by atoms with Gasteiger partial charge in [-0.1, -0.05) is 87.7 Å². The van der Waals surface area contributed by atoms with Gasteiger partial charge in [0.1, 0.15) is 12.1 Å². The van der Waals surface area contributed by atoms with E-state index in [0.717, 1.165) is 25.7 Å². The highest BCUT2D eigenvalue weighted by atomic mass is 16.2. The Morgan fingerprint density at radius 2 is 1.57 bits per heavy atom. The van der Waals surface area contributed by atoms with Gasteiger partial charge in [-0.3, -0.25) is 33.7 Å². The number of fused-ring (bicyclic) bond motifs is 1. The largest absolute Gasteiger partial charge is 0.346 e. The summed E-state index contributed by atoms with van der Waals surface area (Å²) in [6.07, 6.45) is 6.09. The molecule has 13 nitrogen and oxygen atoms in total. The predicted molar refractivity (Wildman–Crippen MR) is 194 cm³/mol. The van der Waals surface area contributed by atoms with Crippen molar-refractivity contribution in [3.8, 4) is 0 Å². The molecule has 3 fully saturated rings. The van der Waals surface area contributed by atoms with E-state index >= 15 is 0 Å². The summed E-state index contributed by atoms with van der Waals surface area (Å²) in [5.74, 6) is -3.02. The van der Waals surface area contributed by atoms with Gasteiger partial charge in [-0.25, -0.2) is 4.79 Å². The average Bonchev–Trinajstić information content (AvgIpc) is 3.61. The summed E-state index contributed by atoms with van der Waals surface area (Å²) in [6, 6.07) is -4.19. The highest BCUT2D eigenvalue weighted by molar-refractivity contribution is 6.38. The first-order valence-electron chi connectivity index (χ1n) is 18.5. The molecule has 2 heterocycles. The number of Topliss-reactive ketones (excluding diaryl/α,β-unsaturated/α-hetero) is 1. The van der Waals surface area contributed by atoms with Crippen LogP contribution in [0.4, 0.5) is 4.79 Å². The molecule has 0 unspecified atom stereocenters. The van der Waals surface area contributed by atoms with E-state index in [9.17, 15) is 33.6 Å². The summed E-state index contributed by atoms with van der Waals surface area (Å²) in [4.78, 5) is 96.7. The SMILES string of the molecule is C=CCNC(=O)C(=O)[C@H](CCCC)NC(=O)[C@@H]1[C@H]2CCC[C@H]2CN1C(=O)[C@@H](NC(=O)N[C@H](CN1C(=O)CC(C)(C)CC1=O)C(C)(C)C)C(C)(C)C. The molecule has 2 aliphatic heterocycles. The topological polar surface area (TPSA) is 174 Å². The van der Waals surface area contributed by atoms with Gasteiger partial charge in [-0.2, -0.15) is 0 Å². The summed E-state index contributed by atoms with van der Waals surface area (Å²) in [5, 5.41) is 11.1. The molecule has 0 aromatic carbocycles. The lowest BCUT2D eigenvalue weighted by molar-refractivity contribution is -0.153. The Kier molecular flexibility index (Phi) is 13.6. The third kappa shape index (κ3) is 10.6. The number of amides is 7. The molecule has 6 atom stereocenters. The minimum absolute atomic E-state index is 0.0000578. The zero-order chi connectivity index (χ0) is 38.5. The van der Waals surface area contributed by atoms with E-state index in [1.54, 1.807) is 4.90 Å². The number of urea groups is 1.